The van der Waals surface area contributed by atoms with Gasteiger partial charge in [-0.15, -0.1) is 0 Å². The van der Waals surface area contributed by atoms with Crippen molar-refractivity contribution in [2.45, 2.75) is 19.4 Å². The van der Waals surface area contributed by atoms with Crippen molar-refractivity contribution >= 4 is 17.3 Å². The molecule has 2 aromatic carbocycles. The zero-order chi connectivity index (χ0) is 16.4. The first-order chi connectivity index (χ1) is 11.1. The summed E-state index contributed by atoms with van der Waals surface area (Å²) in [5.41, 5.74) is 8.12. The number of fused-ring (bicyclic) bond motifs is 1. The van der Waals surface area contributed by atoms with Crippen LogP contribution in [0.15, 0.2) is 42.5 Å². The van der Waals surface area contributed by atoms with Gasteiger partial charge in [0.05, 0.1) is 12.3 Å². The predicted molar refractivity (Wildman–Crippen MR) is 90.0 cm³/mol. The third-order valence-electron chi connectivity index (χ3n) is 3.90. The molecule has 120 valence electrons. The number of carbonyl (C=O) groups excluding carboxylic acids is 1. The van der Waals surface area contributed by atoms with Gasteiger partial charge in [0.2, 0.25) is 0 Å². The third kappa shape index (κ3) is 2.95. The smallest absolute Gasteiger partial charge is 0.268 e. The van der Waals surface area contributed by atoms with E-state index in [1.54, 1.807) is 30.1 Å². The van der Waals surface area contributed by atoms with Crippen LogP contribution in [-0.2, 0) is 11.2 Å². The highest BCUT2D eigenvalue weighted by Crippen LogP contribution is 2.36. The van der Waals surface area contributed by atoms with Crippen LogP contribution in [0.5, 0.6) is 11.5 Å². The van der Waals surface area contributed by atoms with E-state index in [2.05, 4.69) is 0 Å². The Kier molecular flexibility index (Phi) is 4.10. The van der Waals surface area contributed by atoms with Crippen molar-refractivity contribution in [1.82, 2.24) is 0 Å². The van der Waals surface area contributed by atoms with E-state index in [0.717, 1.165) is 17.0 Å². The van der Waals surface area contributed by atoms with Crippen LogP contribution in [0.2, 0.25) is 0 Å². The number of nitrogens with two attached hydrogens (primary N) is 1. The Balaban J connectivity index is 1.88. The Labute approximate surface area is 135 Å². The summed E-state index contributed by atoms with van der Waals surface area (Å²) >= 11 is 0. The molecule has 0 saturated carbocycles. The van der Waals surface area contributed by atoms with Crippen LogP contribution < -0.4 is 20.1 Å². The second-order valence-corrected chi connectivity index (χ2v) is 5.48. The number of rotatable bonds is 4. The highest BCUT2D eigenvalue weighted by Gasteiger charge is 2.32. The number of carbonyl (C=O) groups is 1. The van der Waals surface area contributed by atoms with E-state index in [0.29, 0.717) is 24.5 Å². The van der Waals surface area contributed by atoms with Crippen molar-refractivity contribution in [1.29, 1.82) is 0 Å². The fourth-order valence-corrected chi connectivity index (χ4v) is 2.74. The highest BCUT2D eigenvalue weighted by atomic mass is 16.5. The number of likely N-dealkylation sites (N-methyl/N-ethyl adjacent to an activating group) is 1. The average Bonchev–Trinajstić information content (AvgIpc) is 2.54. The molecular weight excluding hydrogens is 292 g/mol. The summed E-state index contributed by atoms with van der Waals surface area (Å²) < 4.78 is 11.5. The van der Waals surface area contributed by atoms with Gasteiger partial charge in [-0.2, -0.15) is 0 Å². The molecule has 3 rings (SSSR count). The monoisotopic (exact) mass is 312 g/mol. The molecule has 5 heteroatoms. The molecule has 1 atom stereocenters. The maximum atomic E-state index is 12.6. The van der Waals surface area contributed by atoms with Crippen LogP contribution in [0.25, 0.3) is 0 Å². The number of benzene rings is 2. The van der Waals surface area contributed by atoms with Gasteiger partial charge in [-0.05, 0) is 30.7 Å². The second kappa shape index (κ2) is 6.20. The van der Waals surface area contributed by atoms with Gasteiger partial charge in [-0.1, -0.05) is 18.2 Å². The molecule has 2 N–H and O–H groups in total. The number of nitrogen functional groups attached to an aromatic ring is 1. The fourth-order valence-electron chi connectivity index (χ4n) is 2.74. The maximum Gasteiger partial charge on any atom is 0.268 e. The SMILES string of the molecule is CCOc1ccccc1CC1Oc2cc(N)ccc2N(C)C1=O. The van der Waals surface area contributed by atoms with Crippen molar-refractivity contribution in [3.63, 3.8) is 0 Å². The van der Waals surface area contributed by atoms with Gasteiger partial charge in [-0.3, -0.25) is 4.79 Å². The van der Waals surface area contributed by atoms with Gasteiger partial charge in [0.25, 0.3) is 5.91 Å². The zero-order valence-electron chi connectivity index (χ0n) is 13.3. The lowest BCUT2D eigenvalue weighted by Gasteiger charge is -2.32. The lowest BCUT2D eigenvalue weighted by atomic mass is 10.0. The normalized spacial score (nSPS) is 16.7. The summed E-state index contributed by atoms with van der Waals surface area (Å²) in [5, 5.41) is 0. The minimum atomic E-state index is -0.587. The van der Waals surface area contributed by atoms with Gasteiger partial charge in [0, 0.05) is 25.2 Å². The Hall–Kier alpha value is -2.69. The minimum absolute atomic E-state index is 0.0754. The lowest BCUT2D eigenvalue weighted by molar-refractivity contribution is -0.125. The van der Waals surface area contributed by atoms with Gasteiger partial charge < -0.3 is 20.1 Å². The minimum Gasteiger partial charge on any atom is -0.494 e. The summed E-state index contributed by atoms with van der Waals surface area (Å²) in [6.07, 6.45) is -0.135. The largest absolute Gasteiger partial charge is 0.494 e. The van der Waals surface area contributed by atoms with E-state index in [-0.39, 0.29) is 5.91 Å². The molecule has 2 aromatic rings. The summed E-state index contributed by atoms with van der Waals surface area (Å²) in [7, 11) is 1.75. The lowest BCUT2D eigenvalue weighted by Crippen LogP contribution is -2.45. The Morgan fingerprint density at radius 1 is 1.26 bits per heavy atom. The van der Waals surface area contributed by atoms with Gasteiger partial charge >= 0.3 is 0 Å². The van der Waals surface area contributed by atoms with Gasteiger partial charge in [-0.25, -0.2) is 0 Å². The number of hydrogen-bond acceptors (Lipinski definition) is 4. The summed E-state index contributed by atoms with van der Waals surface area (Å²) in [6.45, 7) is 2.52. The molecule has 0 bridgehead atoms. The summed E-state index contributed by atoms with van der Waals surface area (Å²) in [4.78, 5) is 14.2. The molecule has 0 radical (unpaired) electrons. The quantitative estimate of drug-likeness (QED) is 0.882. The molecule has 5 nitrogen and oxygen atoms in total. The second-order valence-electron chi connectivity index (χ2n) is 5.48. The van der Waals surface area contributed by atoms with Crippen molar-refractivity contribution in [2.75, 3.05) is 24.3 Å². The van der Waals surface area contributed by atoms with Gasteiger partial charge in [0.15, 0.2) is 6.10 Å². The zero-order valence-corrected chi connectivity index (χ0v) is 13.3. The number of nitrogens with zero attached hydrogens (tertiary/aromatic N) is 1. The average molecular weight is 312 g/mol. The van der Waals surface area contributed by atoms with Crippen LogP contribution in [0.4, 0.5) is 11.4 Å². The molecule has 23 heavy (non-hydrogen) atoms. The van der Waals surface area contributed by atoms with Crippen molar-refractivity contribution < 1.29 is 14.3 Å². The highest BCUT2D eigenvalue weighted by molar-refractivity contribution is 6.00. The van der Waals surface area contributed by atoms with Crippen LogP contribution in [0.1, 0.15) is 12.5 Å². The Morgan fingerprint density at radius 2 is 2.04 bits per heavy atom. The molecule has 1 unspecified atom stereocenters. The maximum absolute atomic E-state index is 12.6. The predicted octanol–water partition coefficient (Wildman–Crippen LogP) is 2.63. The molecule has 1 amide bonds. The fraction of sp³-hybridized carbons (Fsp3) is 0.278. The first-order valence-electron chi connectivity index (χ1n) is 7.64. The van der Waals surface area contributed by atoms with Crippen molar-refractivity contribution in [2.24, 2.45) is 0 Å². The standard InChI is InChI=1S/C18H20N2O3/c1-3-22-15-7-5-4-6-12(15)10-17-18(21)20(2)14-9-8-13(19)11-16(14)23-17/h4-9,11,17H,3,10,19H2,1-2H3. The van der Waals surface area contributed by atoms with E-state index < -0.39 is 6.10 Å². The van der Waals surface area contributed by atoms with Crippen molar-refractivity contribution in [3.05, 3.63) is 48.0 Å². The molecule has 0 fully saturated rings. The van der Waals surface area contributed by atoms with Gasteiger partial charge in [0.1, 0.15) is 11.5 Å². The molecule has 0 spiro atoms. The summed E-state index contributed by atoms with van der Waals surface area (Å²) in [5.74, 6) is 1.34. The third-order valence-corrected chi connectivity index (χ3v) is 3.90. The van der Waals surface area contributed by atoms with E-state index in [1.165, 1.54) is 0 Å². The number of amides is 1. The summed E-state index contributed by atoms with van der Waals surface area (Å²) in [6, 6.07) is 13.0. The number of ether oxygens (including phenoxy) is 2. The van der Waals surface area contributed by atoms with Crippen LogP contribution in [0.3, 0.4) is 0 Å². The van der Waals surface area contributed by atoms with E-state index in [9.17, 15) is 4.79 Å². The molecule has 0 saturated heterocycles. The van der Waals surface area contributed by atoms with E-state index in [1.807, 2.05) is 31.2 Å². The Morgan fingerprint density at radius 3 is 2.83 bits per heavy atom. The molecule has 1 aliphatic heterocycles. The molecule has 1 heterocycles. The number of anilines is 2. The van der Waals surface area contributed by atoms with Crippen LogP contribution >= 0.6 is 0 Å². The number of para-hydroxylation sites is 1. The van der Waals surface area contributed by atoms with E-state index in [4.69, 9.17) is 15.2 Å². The molecule has 1 aliphatic rings. The first kappa shape index (κ1) is 15.2. The van der Waals surface area contributed by atoms with Crippen LogP contribution in [-0.4, -0.2) is 25.7 Å². The van der Waals surface area contributed by atoms with E-state index >= 15 is 0 Å². The first-order valence-corrected chi connectivity index (χ1v) is 7.64. The number of hydrogen-bond donors (Lipinski definition) is 1. The molecule has 0 aromatic heterocycles. The molecule has 0 aliphatic carbocycles. The van der Waals surface area contributed by atoms with Crippen molar-refractivity contribution in [3.8, 4) is 11.5 Å². The Bertz CT molecular complexity index is 730. The topological polar surface area (TPSA) is 64.8 Å². The van der Waals surface area contributed by atoms with Crippen LogP contribution in [0, 0.1) is 0 Å². The molecular formula is C18H20N2O3.